The van der Waals surface area contributed by atoms with Gasteiger partial charge in [-0.1, -0.05) is 42.6 Å². The van der Waals surface area contributed by atoms with E-state index in [1.165, 1.54) is 26.2 Å². The molecule has 0 aliphatic heterocycles. The van der Waals surface area contributed by atoms with Gasteiger partial charge in [0.1, 0.15) is 0 Å². The number of alkyl halides is 1. The number of ether oxygens (including phenoxy) is 1. The molecule has 0 rings (SSSR count). The molecule has 2 atom stereocenters. The van der Waals surface area contributed by atoms with E-state index in [9.17, 15) is 4.79 Å². The molecule has 2 nitrogen and oxygen atoms in total. The molecule has 0 fully saturated rings. The lowest BCUT2D eigenvalue weighted by atomic mass is 9.97. The number of carbonyl (C=O) groups is 1. The van der Waals surface area contributed by atoms with E-state index < -0.39 is 0 Å². The second kappa shape index (κ2) is 9.20. The van der Waals surface area contributed by atoms with E-state index in [4.69, 9.17) is 4.74 Å². The van der Waals surface area contributed by atoms with E-state index in [1.807, 2.05) is 0 Å². The summed E-state index contributed by atoms with van der Waals surface area (Å²) in [5.41, 5.74) is 0. The normalized spacial score (nSPS) is 14.7. The second-order valence-electron chi connectivity index (χ2n) is 4.42. The summed E-state index contributed by atoms with van der Waals surface area (Å²) in [5.74, 6) is 1.12. The Morgan fingerprint density at radius 1 is 1.20 bits per heavy atom. The van der Waals surface area contributed by atoms with Crippen LogP contribution >= 0.6 is 15.9 Å². The van der Waals surface area contributed by atoms with E-state index in [0.717, 1.165) is 17.7 Å². The Morgan fingerprint density at radius 3 is 2.33 bits per heavy atom. The van der Waals surface area contributed by atoms with Gasteiger partial charge >= 0.3 is 5.97 Å². The van der Waals surface area contributed by atoms with Crippen LogP contribution in [0.4, 0.5) is 0 Å². The highest BCUT2D eigenvalue weighted by Gasteiger charge is 2.06. The summed E-state index contributed by atoms with van der Waals surface area (Å²) < 4.78 is 4.96. The molecule has 3 heteroatoms. The van der Waals surface area contributed by atoms with Crippen LogP contribution in [0, 0.1) is 11.8 Å². The maximum absolute atomic E-state index is 10.6. The standard InChI is InChI=1S/C12H23BrO2/c1-10(7-8-13)5-4-6-11(2)9-15-12(3)14/h10-11H,4-9H2,1-3H3/t10-,11+/m0/s1. The van der Waals surface area contributed by atoms with Crippen molar-refractivity contribution in [2.24, 2.45) is 11.8 Å². The third-order valence-electron chi connectivity index (χ3n) is 2.57. The van der Waals surface area contributed by atoms with Crippen molar-refractivity contribution in [1.29, 1.82) is 0 Å². The van der Waals surface area contributed by atoms with Crippen LogP contribution in [-0.2, 0) is 9.53 Å². The van der Waals surface area contributed by atoms with Crippen LogP contribution in [0.2, 0.25) is 0 Å². The van der Waals surface area contributed by atoms with Gasteiger partial charge in [-0.3, -0.25) is 4.79 Å². The van der Waals surface area contributed by atoms with Crippen molar-refractivity contribution >= 4 is 21.9 Å². The van der Waals surface area contributed by atoms with Crippen LogP contribution in [0.1, 0.15) is 46.5 Å². The molecule has 0 heterocycles. The molecule has 0 aliphatic carbocycles. The van der Waals surface area contributed by atoms with Gasteiger partial charge in [0, 0.05) is 12.3 Å². The number of halogens is 1. The Balaban J connectivity index is 3.37. The minimum Gasteiger partial charge on any atom is -0.466 e. The highest BCUT2D eigenvalue weighted by Crippen LogP contribution is 2.16. The maximum atomic E-state index is 10.6. The quantitative estimate of drug-likeness (QED) is 0.499. The minimum absolute atomic E-state index is 0.172. The van der Waals surface area contributed by atoms with Crippen molar-refractivity contribution in [3.8, 4) is 0 Å². The Kier molecular flexibility index (Phi) is 9.17. The molecule has 0 saturated heterocycles. The van der Waals surface area contributed by atoms with Crippen molar-refractivity contribution in [3.63, 3.8) is 0 Å². The van der Waals surface area contributed by atoms with Gasteiger partial charge in [-0.05, 0) is 24.7 Å². The Hall–Kier alpha value is -0.0500. The Labute approximate surface area is 102 Å². The van der Waals surface area contributed by atoms with Gasteiger partial charge in [-0.15, -0.1) is 0 Å². The van der Waals surface area contributed by atoms with Crippen LogP contribution in [0.15, 0.2) is 0 Å². The Morgan fingerprint density at radius 2 is 1.80 bits per heavy atom. The van der Waals surface area contributed by atoms with Crippen LogP contribution in [0.5, 0.6) is 0 Å². The molecule has 0 N–H and O–H groups in total. The first-order valence-corrected chi connectivity index (χ1v) is 6.87. The largest absolute Gasteiger partial charge is 0.466 e. The molecule has 0 aromatic carbocycles. The molecule has 0 unspecified atom stereocenters. The summed E-state index contributed by atoms with van der Waals surface area (Å²) in [6.45, 7) is 6.46. The van der Waals surface area contributed by atoms with Gasteiger partial charge in [0.15, 0.2) is 0 Å². The predicted molar refractivity (Wildman–Crippen MR) is 67.2 cm³/mol. The zero-order valence-electron chi connectivity index (χ0n) is 10.1. The molecular weight excluding hydrogens is 256 g/mol. The highest BCUT2D eigenvalue weighted by atomic mass is 79.9. The molecular formula is C12H23BrO2. The molecule has 0 aromatic heterocycles. The van der Waals surface area contributed by atoms with Crippen molar-refractivity contribution in [1.82, 2.24) is 0 Å². The lowest BCUT2D eigenvalue weighted by Crippen LogP contribution is -2.09. The van der Waals surface area contributed by atoms with E-state index in [1.54, 1.807) is 0 Å². The highest BCUT2D eigenvalue weighted by molar-refractivity contribution is 9.09. The molecule has 90 valence electrons. The van der Waals surface area contributed by atoms with E-state index >= 15 is 0 Å². The fourth-order valence-electron chi connectivity index (χ4n) is 1.49. The molecule has 15 heavy (non-hydrogen) atoms. The summed E-state index contributed by atoms with van der Waals surface area (Å²) in [5, 5.41) is 1.09. The Bertz CT molecular complexity index is 171. The SMILES string of the molecule is CC(=O)OC[C@H](C)CCC[C@H](C)CCBr. The molecule has 0 radical (unpaired) electrons. The molecule has 0 spiro atoms. The number of hydrogen-bond acceptors (Lipinski definition) is 2. The molecule has 0 aromatic rings. The average Bonchev–Trinajstić information content (AvgIpc) is 2.15. The average molecular weight is 279 g/mol. The summed E-state index contributed by atoms with van der Waals surface area (Å²) in [6, 6.07) is 0. The van der Waals surface area contributed by atoms with Gasteiger partial charge in [0.2, 0.25) is 0 Å². The lowest BCUT2D eigenvalue weighted by Gasteiger charge is -2.13. The third kappa shape index (κ3) is 10.2. The van der Waals surface area contributed by atoms with Crippen molar-refractivity contribution < 1.29 is 9.53 Å². The van der Waals surface area contributed by atoms with Crippen molar-refractivity contribution in [3.05, 3.63) is 0 Å². The summed E-state index contributed by atoms with van der Waals surface area (Å²) >= 11 is 3.45. The monoisotopic (exact) mass is 278 g/mol. The summed E-state index contributed by atoms with van der Waals surface area (Å²) in [6.07, 6.45) is 4.91. The van der Waals surface area contributed by atoms with Crippen LogP contribution in [0.25, 0.3) is 0 Å². The van der Waals surface area contributed by atoms with E-state index in [-0.39, 0.29) is 5.97 Å². The van der Waals surface area contributed by atoms with Gasteiger partial charge in [0.05, 0.1) is 6.61 Å². The second-order valence-corrected chi connectivity index (χ2v) is 5.21. The van der Waals surface area contributed by atoms with Crippen molar-refractivity contribution in [2.75, 3.05) is 11.9 Å². The lowest BCUT2D eigenvalue weighted by molar-refractivity contribution is -0.142. The van der Waals surface area contributed by atoms with E-state index in [0.29, 0.717) is 12.5 Å². The minimum atomic E-state index is -0.172. The van der Waals surface area contributed by atoms with E-state index in [2.05, 4.69) is 29.8 Å². The smallest absolute Gasteiger partial charge is 0.302 e. The zero-order valence-corrected chi connectivity index (χ0v) is 11.7. The predicted octanol–water partition coefficient (Wildman–Crippen LogP) is 3.78. The molecule has 0 amide bonds. The van der Waals surface area contributed by atoms with Crippen LogP contribution in [-0.4, -0.2) is 17.9 Å². The maximum Gasteiger partial charge on any atom is 0.302 e. The van der Waals surface area contributed by atoms with Gasteiger partial charge in [0.25, 0.3) is 0 Å². The fraction of sp³-hybridized carbons (Fsp3) is 0.917. The van der Waals surface area contributed by atoms with Gasteiger partial charge in [-0.25, -0.2) is 0 Å². The summed E-state index contributed by atoms with van der Waals surface area (Å²) in [4.78, 5) is 10.6. The molecule has 0 aliphatic rings. The third-order valence-corrected chi connectivity index (χ3v) is 3.02. The number of carbonyl (C=O) groups excluding carboxylic acids is 1. The number of hydrogen-bond donors (Lipinski definition) is 0. The zero-order chi connectivity index (χ0) is 11.7. The number of rotatable bonds is 8. The van der Waals surface area contributed by atoms with Crippen LogP contribution < -0.4 is 0 Å². The van der Waals surface area contributed by atoms with Gasteiger partial charge in [-0.2, -0.15) is 0 Å². The molecule has 0 saturated carbocycles. The number of esters is 1. The summed E-state index contributed by atoms with van der Waals surface area (Å²) in [7, 11) is 0. The van der Waals surface area contributed by atoms with Gasteiger partial charge < -0.3 is 4.74 Å². The fourth-order valence-corrected chi connectivity index (χ4v) is 2.27. The van der Waals surface area contributed by atoms with Crippen molar-refractivity contribution in [2.45, 2.75) is 46.5 Å². The first kappa shape index (κ1) is 14.9. The first-order chi connectivity index (χ1) is 7.06. The molecule has 0 bridgehead atoms. The first-order valence-electron chi connectivity index (χ1n) is 5.75. The topological polar surface area (TPSA) is 26.3 Å². The van der Waals surface area contributed by atoms with Crippen LogP contribution in [0.3, 0.4) is 0 Å².